The van der Waals surface area contributed by atoms with Crippen LogP contribution in [0.15, 0.2) is 51.4 Å². The van der Waals surface area contributed by atoms with Gasteiger partial charge in [0.25, 0.3) is 0 Å². The molecular weight excluding hydrogens is 554 g/mol. The fourth-order valence-corrected chi connectivity index (χ4v) is 3.49. The maximum Gasteiger partial charge on any atom is 0.412 e. The molecule has 2 atom stereocenters. The van der Waals surface area contributed by atoms with E-state index < -0.39 is 24.3 Å². The minimum Gasteiger partial charge on any atom is -0.508 e. The summed E-state index contributed by atoms with van der Waals surface area (Å²) >= 11 is 10.6. The lowest BCUT2D eigenvalue weighted by Crippen LogP contribution is -2.30. The molecule has 0 saturated carbocycles. The summed E-state index contributed by atoms with van der Waals surface area (Å²) in [6.07, 6.45) is -2.10. The molecule has 2 aromatic rings. The Hall–Kier alpha value is -1.75. The summed E-state index contributed by atoms with van der Waals surface area (Å²) in [6, 6.07) is 11.8. The van der Waals surface area contributed by atoms with Crippen molar-refractivity contribution in [3.8, 4) is 5.75 Å². The van der Waals surface area contributed by atoms with E-state index >= 15 is 0 Å². The average Bonchev–Trinajstić information content (AvgIpc) is 2.75. The number of amides is 1. The topological polar surface area (TPSA) is 94.1 Å². The molecule has 0 aromatic heterocycles. The van der Waals surface area contributed by atoms with Gasteiger partial charge in [0.05, 0.1) is 12.4 Å². The van der Waals surface area contributed by atoms with Gasteiger partial charge < -0.3 is 19.3 Å². The molecule has 0 aliphatic heterocycles. The van der Waals surface area contributed by atoms with Crippen LogP contribution in [0.4, 0.5) is 10.5 Å². The van der Waals surface area contributed by atoms with Gasteiger partial charge in [-0.25, -0.2) is 4.79 Å². The normalized spacial score (nSPS) is 12.6. The number of esters is 1. The van der Waals surface area contributed by atoms with E-state index in [9.17, 15) is 14.7 Å². The predicted octanol–water partition coefficient (Wildman–Crippen LogP) is 5.48. The number of carbonyl (C=O) groups is 2. The van der Waals surface area contributed by atoms with Gasteiger partial charge in [-0.15, -0.1) is 0 Å². The van der Waals surface area contributed by atoms with Crippen molar-refractivity contribution in [2.75, 3.05) is 24.3 Å². The molecule has 0 saturated heterocycles. The van der Waals surface area contributed by atoms with E-state index in [2.05, 4.69) is 49.8 Å². The first-order valence-electron chi connectivity index (χ1n) is 9.43. The van der Waals surface area contributed by atoms with Crippen molar-refractivity contribution in [3.63, 3.8) is 0 Å². The Morgan fingerprint density at radius 3 is 2.45 bits per heavy atom. The molecule has 31 heavy (non-hydrogen) atoms. The fourth-order valence-electron chi connectivity index (χ4n) is 2.76. The number of anilines is 1. The molecule has 1 amide bonds. The Balaban J connectivity index is 2.24. The van der Waals surface area contributed by atoms with Crippen molar-refractivity contribution in [1.82, 2.24) is 0 Å². The first-order chi connectivity index (χ1) is 14.8. The molecule has 2 rings (SSSR count). The van der Waals surface area contributed by atoms with Gasteiger partial charge in [-0.2, -0.15) is 12.6 Å². The maximum absolute atomic E-state index is 12.6. The van der Waals surface area contributed by atoms with E-state index in [-0.39, 0.29) is 24.5 Å². The highest BCUT2D eigenvalue weighted by atomic mass is 79.9. The van der Waals surface area contributed by atoms with Crippen LogP contribution >= 0.6 is 44.5 Å². The zero-order valence-corrected chi connectivity index (χ0v) is 20.8. The van der Waals surface area contributed by atoms with E-state index in [4.69, 9.17) is 14.2 Å². The number of aromatic hydroxyl groups is 1. The Morgan fingerprint density at radius 1 is 1.13 bits per heavy atom. The summed E-state index contributed by atoms with van der Waals surface area (Å²) in [5.41, 5.74) is 0.903. The number of phenols is 1. The Morgan fingerprint density at radius 2 is 1.81 bits per heavy atom. The summed E-state index contributed by atoms with van der Waals surface area (Å²) in [5.74, 6) is -0.558. The minimum atomic E-state index is -0.956. The van der Waals surface area contributed by atoms with E-state index in [1.165, 1.54) is 6.07 Å². The van der Waals surface area contributed by atoms with Crippen LogP contribution in [-0.2, 0) is 19.0 Å². The van der Waals surface area contributed by atoms with Crippen LogP contribution in [0.2, 0.25) is 0 Å². The van der Waals surface area contributed by atoms with Gasteiger partial charge in [0.1, 0.15) is 11.9 Å². The SMILES string of the molecule is CCO[C@@H](CCOC(=O)CS)[C@@H](OC(=O)Nc1ccc(Br)cc1)c1cc(Br)ccc1O. The summed E-state index contributed by atoms with van der Waals surface area (Å²) < 4.78 is 18.1. The second kappa shape index (κ2) is 12.9. The molecule has 7 nitrogen and oxygen atoms in total. The number of rotatable bonds is 10. The van der Waals surface area contributed by atoms with Gasteiger partial charge in [-0.3, -0.25) is 10.1 Å². The Labute approximate surface area is 203 Å². The number of halogens is 2. The lowest BCUT2D eigenvalue weighted by molar-refractivity contribution is -0.142. The number of hydrogen-bond donors (Lipinski definition) is 3. The highest BCUT2D eigenvalue weighted by molar-refractivity contribution is 9.10. The fraction of sp³-hybridized carbons (Fsp3) is 0.333. The van der Waals surface area contributed by atoms with Gasteiger partial charge in [-0.1, -0.05) is 31.9 Å². The Kier molecular flexibility index (Phi) is 10.7. The highest BCUT2D eigenvalue weighted by Gasteiger charge is 2.30. The van der Waals surface area contributed by atoms with Gasteiger partial charge in [0, 0.05) is 33.2 Å². The first-order valence-corrected chi connectivity index (χ1v) is 11.7. The van der Waals surface area contributed by atoms with Crippen molar-refractivity contribution >= 4 is 62.2 Å². The molecule has 0 spiro atoms. The van der Waals surface area contributed by atoms with E-state index in [1.54, 1.807) is 43.3 Å². The number of ether oxygens (including phenoxy) is 3. The smallest absolute Gasteiger partial charge is 0.412 e. The zero-order chi connectivity index (χ0) is 22.8. The van der Waals surface area contributed by atoms with E-state index in [1.807, 2.05) is 0 Å². The number of hydrogen-bond acceptors (Lipinski definition) is 7. The molecular formula is C21H23Br2NO6S. The van der Waals surface area contributed by atoms with Crippen LogP contribution in [0, 0.1) is 0 Å². The lowest BCUT2D eigenvalue weighted by atomic mass is 10.0. The monoisotopic (exact) mass is 575 g/mol. The van der Waals surface area contributed by atoms with Crippen molar-refractivity contribution in [3.05, 3.63) is 57.0 Å². The second-order valence-corrected chi connectivity index (χ2v) is 8.47. The molecule has 0 heterocycles. The number of nitrogens with one attached hydrogen (secondary N) is 1. The molecule has 0 fully saturated rings. The second-order valence-electron chi connectivity index (χ2n) is 6.32. The van der Waals surface area contributed by atoms with Crippen molar-refractivity contribution in [2.24, 2.45) is 0 Å². The van der Waals surface area contributed by atoms with Gasteiger partial charge in [0.2, 0.25) is 0 Å². The molecule has 0 bridgehead atoms. The molecule has 0 aliphatic rings. The van der Waals surface area contributed by atoms with Crippen LogP contribution in [0.3, 0.4) is 0 Å². The molecule has 2 aromatic carbocycles. The number of carbonyl (C=O) groups excluding carboxylic acids is 2. The molecule has 2 N–H and O–H groups in total. The minimum absolute atomic E-state index is 0.0404. The summed E-state index contributed by atoms with van der Waals surface area (Å²) in [4.78, 5) is 24.0. The third-order valence-electron chi connectivity index (χ3n) is 4.13. The quantitative estimate of drug-likeness (QED) is 0.256. The third-order valence-corrected chi connectivity index (χ3v) is 5.41. The van der Waals surface area contributed by atoms with Crippen LogP contribution < -0.4 is 5.32 Å². The maximum atomic E-state index is 12.6. The molecule has 0 aliphatic carbocycles. The lowest BCUT2D eigenvalue weighted by Gasteiger charge is -2.28. The van der Waals surface area contributed by atoms with Crippen molar-refractivity contribution < 1.29 is 28.9 Å². The zero-order valence-electron chi connectivity index (χ0n) is 16.7. The Bertz CT molecular complexity index is 881. The van der Waals surface area contributed by atoms with Crippen molar-refractivity contribution in [2.45, 2.75) is 25.6 Å². The van der Waals surface area contributed by atoms with E-state index in [0.717, 1.165) is 4.47 Å². The predicted molar refractivity (Wildman–Crippen MR) is 128 cm³/mol. The van der Waals surface area contributed by atoms with Crippen LogP contribution in [-0.4, -0.2) is 42.2 Å². The molecule has 10 heteroatoms. The van der Waals surface area contributed by atoms with Crippen LogP contribution in [0.1, 0.15) is 25.0 Å². The standard InChI is InChI=1S/C21H23Br2NO6S/c1-2-28-18(9-10-29-19(26)12-31)20(16-11-14(23)5-8-17(16)25)30-21(27)24-15-6-3-13(22)4-7-15/h3-8,11,18,20,25,31H,2,9-10,12H2,1H3,(H,24,27)/t18-,20-/m0/s1. The average molecular weight is 577 g/mol. The van der Waals surface area contributed by atoms with Crippen LogP contribution in [0.5, 0.6) is 5.75 Å². The largest absolute Gasteiger partial charge is 0.508 e. The molecule has 0 unspecified atom stereocenters. The molecule has 0 radical (unpaired) electrons. The van der Waals surface area contributed by atoms with E-state index in [0.29, 0.717) is 22.3 Å². The third kappa shape index (κ3) is 8.36. The van der Waals surface area contributed by atoms with Gasteiger partial charge in [0.15, 0.2) is 6.10 Å². The van der Waals surface area contributed by atoms with Crippen LogP contribution in [0.25, 0.3) is 0 Å². The number of benzene rings is 2. The van der Waals surface area contributed by atoms with Crippen molar-refractivity contribution in [1.29, 1.82) is 0 Å². The number of phenolic OH excluding ortho intramolecular Hbond substituents is 1. The summed E-state index contributed by atoms with van der Waals surface area (Å²) in [7, 11) is 0. The van der Waals surface area contributed by atoms with Gasteiger partial charge in [-0.05, 0) is 49.4 Å². The summed E-state index contributed by atoms with van der Waals surface area (Å²) in [6.45, 7) is 2.17. The van der Waals surface area contributed by atoms with Gasteiger partial charge >= 0.3 is 12.1 Å². The number of thiol groups is 1. The summed E-state index contributed by atoms with van der Waals surface area (Å²) in [5, 5.41) is 13.1. The first kappa shape index (κ1) is 25.5. The molecule has 168 valence electrons. The highest BCUT2D eigenvalue weighted by Crippen LogP contribution is 2.34.